The Balaban J connectivity index is 3.05. The van der Waals surface area contributed by atoms with Crippen LogP contribution in [0.2, 0.25) is 0 Å². The van der Waals surface area contributed by atoms with Crippen LogP contribution in [0.5, 0.6) is 0 Å². The van der Waals surface area contributed by atoms with E-state index in [1.807, 2.05) is 11.7 Å². The minimum atomic E-state index is 0.132. The first-order valence-corrected chi connectivity index (χ1v) is 6.63. The maximum Gasteiger partial charge on any atom is 0.148 e. The SMILES string of the molecule is CCc1nn(C)c(NC(CC)(CC)CC)c1N. The van der Waals surface area contributed by atoms with Gasteiger partial charge in [0.2, 0.25) is 0 Å². The first kappa shape index (κ1) is 13.9. The lowest BCUT2D eigenvalue weighted by atomic mass is 9.90. The van der Waals surface area contributed by atoms with E-state index in [4.69, 9.17) is 5.73 Å². The molecule has 1 heterocycles. The van der Waals surface area contributed by atoms with Crippen molar-refractivity contribution in [2.45, 2.75) is 58.9 Å². The van der Waals surface area contributed by atoms with Gasteiger partial charge >= 0.3 is 0 Å². The molecule has 0 amide bonds. The quantitative estimate of drug-likeness (QED) is 0.801. The van der Waals surface area contributed by atoms with Crippen LogP contribution in [0, 0.1) is 0 Å². The summed E-state index contributed by atoms with van der Waals surface area (Å²) in [5.74, 6) is 0.965. The minimum Gasteiger partial charge on any atom is -0.394 e. The molecule has 0 aliphatic heterocycles. The fourth-order valence-electron chi connectivity index (χ4n) is 2.27. The number of nitrogens with two attached hydrogens (primary N) is 1. The number of rotatable bonds is 6. The third-order valence-electron chi connectivity index (χ3n) is 3.91. The summed E-state index contributed by atoms with van der Waals surface area (Å²) in [5.41, 5.74) is 8.05. The number of aromatic nitrogens is 2. The second kappa shape index (κ2) is 5.43. The van der Waals surface area contributed by atoms with E-state index in [9.17, 15) is 0 Å². The van der Waals surface area contributed by atoms with Crippen molar-refractivity contribution < 1.29 is 0 Å². The standard InChI is InChI=1S/C13H26N4/c1-6-10-11(14)12(17(5)16-10)15-13(7-2,8-3)9-4/h15H,6-9,14H2,1-5H3. The summed E-state index contributed by atoms with van der Waals surface area (Å²) in [7, 11) is 1.95. The third-order valence-corrected chi connectivity index (χ3v) is 3.91. The zero-order valence-corrected chi connectivity index (χ0v) is 11.8. The van der Waals surface area contributed by atoms with Crippen molar-refractivity contribution in [1.29, 1.82) is 0 Å². The Hall–Kier alpha value is -1.19. The number of nitrogen functional groups attached to an aromatic ring is 1. The van der Waals surface area contributed by atoms with Gasteiger partial charge in [-0.2, -0.15) is 5.10 Å². The van der Waals surface area contributed by atoms with Crippen LogP contribution in [-0.4, -0.2) is 15.3 Å². The van der Waals surface area contributed by atoms with Gasteiger partial charge in [0, 0.05) is 12.6 Å². The summed E-state index contributed by atoms with van der Waals surface area (Å²) < 4.78 is 1.86. The molecule has 0 spiro atoms. The second-order valence-electron chi connectivity index (χ2n) is 4.65. The molecule has 0 atom stereocenters. The molecule has 17 heavy (non-hydrogen) atoms. The van der Waals surface area contributed by atoms with E-state index in [0.29, 0.717) is 0 Å². The molecule has 0 radical (unpaired) electrons. The Labute approximate surface area is 105 Å². The van der Waals surface area contributed by atoms with Crippen molar-refractivity contribution in [2.75, 3.05) is 11.1 Å². The molecule has 0 fully saturated rings. The van der Waals surface area contributed by atoms with Crippen molar-refractivity contribution in [3.05, 3.63) is 5.69 Å². The van der Waals surface area contributed by atoms with Crippen LogP contribution in [0.3, 0.4) is 0 Å². The zero-order valence-electron chi connectivity index (χ0n) is 11.8. The molecule has 0 bridgehead atoms. The predicted molar refractivity (Wildman–Crippen MR) is 74.2 cm³/mol. The lowest BCUT2D eigenvalue weighted by Gasteiger charge is -2.33. The van der Waals surface area contributed by atoms with Gasteiger partial charge in [0.1, 0.15) is 5.82 Å². The van der Waals surface area contributed by atoms with Gasteiger partial charge in [0.05, 0.1) is 11.4 Å². The number of aryl methyl sites for hydroxylation is 2. The molecule has 1 aromatic heterocycles. The van der Waals surface area contributed by atoms with Crippen LogP contribution in [0.4, 0.5) is 11.5 Å². The summed E-state index contributed by atoms with van der Waals surface area (Å²) in [5, 5.41) is 8.05. The van der Waals surface area contributed by atoms with Gasteiger partial charge in [-0.3, -0.25) is 4.68 Å². The zero-order chi connectivity index (χ0) is 13.1. The summed E-state index contributed by atoms with van der Waals surface area (Å²) in [6.07, 6.45) is 4.14. The molecule has 3 N–H and O–H groups in total. The Morgan fingerprint density at radius 1 is 1.18 bits per heavy atom. The fraction of sp³-hybridized carbons (Fsp3) is 0.769. The van der Waals surface area contributed by atoms with Crippen molar-refractivity contribution >= 4 is 11.5 Å². The highest BCUT2D eigenvalue weighted by atomic mass is 15.3. The van der Waals surface area contributed by atoms with Gasteiger partial charge < -0.3 is 11.1 Å². The van der Waals surface area contributed by atoms with E-state index in [0.717, 1.165) is 42.9 Å². The average molecular weight is 238 g/mol. The molecular formula is C13H26N4. The van der Waals surface area contributed by atoms with E-state index in [2.05, 4.69) is 38.1 Å². The monoisotopic (exact) mass is 238 g/mol. The Morgan fingerprint density at radius 2 is 1.71 bits per heavy atom. The maximum atomic E-state index is 6.14. The van der Waals surface area contributed by atoms with Crippen molar-refractivity contribution in [3.63, 3.8) is 0 Å². The normalized spacial score (nSPS) is 11.8. The molecule has 0 unspecified atom stereocenters. The van der Waals surface area contributed by atoms with Gasteiger partial charge in [0.25, 0.3) is 0 Å². The van der Waals surface area contributed by atoms with Gasteiger partial charge in [-0.05, 0) is 25.7 Å². The molecule has 4 nitrogen and oxygen atoms in total. The maximum absolute atomic E-state index is 6.14. The number of anilines is 2. The highest BCUT2D eigenvalue weighted by Crippen LogP contribution is 2.30. The van der Waals surface area contributed by atoms with E-state index in [1.54, 1.807) is 0 Å². The predicted octanol–water partition coefficient (Wildman–Crippen LogP) is 2.95. The van der Waals surface area contributed by atoms with Crippen molar-refractivity contribution in [2.24, 2.45) is 7.05 Å². The Morgan fingerprint density at radius 3 is 2.06 bits per heavy atom. The molecule has 98 valence electrons. The van der Waals surface area contributed by atoms with E-state index in [1.165, 1.54) is 0 Å². The molecule has 1 aromatic rings. The second-order valence-corrected chi connectivity index (χ2v) is 4.65. The lowest BCUT2D eigenvalue weighted by molar-refractivity contribution is 0.416. The average Bonchev–Trinajstić information content (AvgIpc) is 2.62. The van der Waals surface area contributed by atoms with Crippen molar-refractivity contribution in [3.8, 4) is 0 Å². The summed E-state index contributed by atoms with van der Waals surface area (Å²) >= 11 is 0. The van der Waals surface area contributed by atoms with Crippen molar-refractivity contribution in [1.82, 2.24) is 9.78 Å². The Bertz CT molecular complexity index is 355. The van der Waals surface area contributed by atoms with E-state index in [-0.39, 0.29) is 5.54 Å². The van der Waals surface area contributed by atoms with Crippen LogP contribution < -0.4 is 11.1 Å². The highest BCUT2D eigenvalue weighted by molar-refractivity contribution is 5.66. The van der Waals surface area contributed by atoms with Gasteiger partial charge in [0.15, 0.2) is 0 Å². The number of nitrogens with zero attached hydrogens (tertiary/aromatic N) is 2. The van der Waals surface area contributed by atoms with E-state index >= 15 is 0 Å². The molecule has 4 heteroatoms. The third kappa shape index (κ3) is 2.56. The summed E-state index contributed by atoms with van der Waals surface area (Å²) in [6, 6.07) is 0. The molecule has 0 saturated carbocycles. The molecule has 0 aliphatic rings. The summed E-state index contributed by atoms with van der Waals surface area (Å²) in [4.78, 5) is 0. The first-order valence-electron chi connectivity index (χ1n) is 6.63. The number of nitrogens with one attached hydrogen (secondary N) is 1. The highest BCUT2D eigenvalue weighted by Gasteiger charge is 2.26. The van der Waals surface area contributed by atoms with Crippen LogP contribution in [0.15, 0.2) is 0 Å². The molecular weight excluding hydrogens is 212 g/mol. The van der Waals surface area contributed by atoms with Crippen LogP contribution in [-0.2, 0) is 13.5 Å². The molecule has 0 aromatic carbocycles. The topological polar surface area (TPSA) is 55.9 Å². The number of hydrogen-bond acceptors (Lipinski definition) is 3. The van der Waals surface area contributed by atoms with Gasteiger partial charge in [-0.15, -0.1) is 0 Å². The van der Waals surface area contributed by atoms with Gasteiger partial charge in [-0.1, -0.05) is 27.7 Å². The Kier molecular flexibility index (Phi) is 4.43. The fourth-order valence-corrected chi connectivity index (χ4v) is 2.27. The minimum absolute atomic E-state index is 0.132. The summed E-state index contributed by atoms with van der Waals surface area (Å²) in [6.45, 7) is 8.73. The molecule has 0 saturated heterocycles. The van der Waals surface area contributed by atoms with Crippen LogP contribution in [0.25, 0.3) is 0 Å². The van der Waals surface area contributed by atoms with Crippen LogP contribution in [0.1, 0.15) is 52.7 Å². The van der Waals surface area contributed by atoms with Crippen LogP contribution >= 0.6 is 0 Å². The largest absolute Gasteiger partial charge is 0.394 e. The lowest BCUT2D eigenvalue weighted by Crippen LogP contribution is -2.37. The molecule has 0 aliphatic carbocycles. The first-order chi connectivity index (χ1) is 8.03. The van der Waals surface area contributed by atoms with Gasteiger partial charge in [-0.25, -0.2) is 0 Å². The smallest absolute Gasteiger partial charge is 0.148 e. The van der Waals surface area contributed by atoms with E-state index < -0.39 is 0 Å². The number of hydrogen-bond donors (Lipinski definition) is 2. The molecule has 1 rings (SSSR count).